The summed E-state index contributed by atoms with van der Waals surface area (Å²) in [7, 11) is 0. The number of anilines is 1. The largest absolute Gasteiger partial charge is 0.321 e. The van der Waals surface area contributed by atoms with Crippen LogP contribution >= 0.6 is 11.3 Å². The second kappa shape index (κ2) is 7.44. The molecule has 3 aromatic rings. The quantitative estimate of drug-likeness (QED) is 0.671. The van der Waals surface area contributed by atoms with Crippen LogP contribution in [-0.2, 0) is 4.79 Å². The first-order valence-corrected chi connectivity index (χ1v) is 7.84. The zero-order chi connectivity index (χ0) is 17.9. The number of amides is 1. The first-order valence-electron chi connectivity index (χ1n) is 7.02. The normalized spacial score (nSPS) is 10.2. The monoisotopic (exact) mass is 352 g/mol. The molecule has 0 aliphatic heterocycles. The lowest BCUT2D eigenvalue weighted by atomic mass is 10.2. The van der Waals surface area contributed by atoms with Crippen LogP contribution < -0.4 is 5.32 Å². The Labute approximate surface area is 141 Å². The Morgan fingerprint density at radius 3 is 2.29 bits per heavy atom. The van der Waals surface area contributed by atoms with Crippen molar-refractivity contribution in [1.29, 1.82) is 0 Å². The van der Waals surface area contributed by atoms with Gasteiger partial charge in [0.2, 0.25) is 5.91 Å². The number of fused-ring (bicyclic) bond motifs is 1. The van der Waals surface area contributed by atoms with Crippen molar-refractivity contribution in [2.45, 2.75) is 20.8 Å². The van der Waals surface area contributed by atoms with Gasteiger partial charge in [-0.15, -0.1) is 11.3 Å². The Hall–Kier alpha value is -2.41. The van der Waals surface area contributed by atoms with E-state index in [9.17, 15) is 18.0 Å². The Morgan fingerprint density at radius 1 is 1.08 bits per heavy atom. The molecule has 0 saturated heterocycles. The maximum atomic E-state index is 13.0. The molecule has 3 rings (SSSR count). The average molecular weight is 352 g/mol. The van der Waals surface area contributed by atoms with Crippen molar-refractivity contribution in [1.82, 2.24) is 4.98 Å². The molecule has 0 saturated carbocycles. The van der Waals surface area contributed by atoms with Gasteiger partial charge in [0.05, 0.1) is 15.2 Å². The third-order valence-electron chi connectivity index (χ3n) is 2.94. The van der Waals surface area contributed by atoms with E-state index >= 15 is 0 Å². The molecule has 2 aromatic carbocycles. The number of halogens is 3. The average Bonchev–Trinajstić information content (AvgIpc) is 2.82. The molecule has 1 N–H and O–H groups in total. The van der Waals surface area contributed by atoms with Crippen LogP contribution in [0.15, 0.2) is 30.3 Å². The zero-order valence-corrected chi connectivity index (χ0v) is 14.1. The fourth-order valence-corrected chi connectivity index (χ4v) is 2.86. The second-order valence-electron chi connectivity index (χ2n) is 5.13. The van der Waals surface area contributed by atoms with Gasteiger partial charge in [-0.05, 0) is 49.7 Å². The predicted molar refractivity (Wildman–Crippen MR) is 89.7 cm³/mol. The van der Waals surface area contributed by atoms with E-state index in [1.54, 1.807) is 13.0 Å². The lowest BCUT2D eigenvalue weighted by molar-refractivity contribution is -0.114. The molecule has 1 aromatic heterocycles. The summed E-state index contributed by atoms with van der Waals surface area (Å²) in [5.74, 6) is -2.21. The van der Waals surface area contributed by atoms with E-state index in [1.165, 1.54) is 30.4 Å². The maximum Gasteiger partial charge on any atom is 0.221 e. The molecule has 7 heteroatoms. The van der Waals surface area contributed by atoms with Gasteiger partial charge in [-0.2, -0.15) is 0 Å². The SMILES string of the molecule is CC(=O)Nc1c(F)cc(C)cc1F.Cc1nc2ccc(F)cc2s1. The number of nitrogens with zero attached hydrogens (tertiary/aromatic N) is 1. The van der Waals surface area contributed by atoms with Gasteiger partial charge in [0, 0.05) is 6.92 Å². The molecule has 1 heterocycles. The summed E-state index contributed by atoms with van der Waals surface area (Å²) in [6.07, 6.45) is 0. The third kappa shape index (κ3) is 4.55. The van der Waals surface area contributed by atoms with Gasteiger partial charge in [0.25, 0.3) is 0 Å². The van der Waals surface area contributed by atoms with Crippen molar-refractivity contribution in [3.8, 4) is 0 Å². The molecule has 0 atom stereocenters. The lowest BCUT2D eigenvalue weighted by Crippen LogP contribution is -2.09. The Kier molecular flexibility index (Phi) is 5.56. The Morgan fingerprint density at radius 2 is 1.71 bits per heavy atom. The number of carbonyl (C=O) groups excluding carboxylic acids is 1. The van der Waals surface area contributed by atoms with E-state index in [1.807, 2.05) is 6.92 Å². The zero-order valence-electron chi connectivity index (χ0n) is 13.3. The molecule has 0 radical (unpaired) electrons. The molecular formula is C17H15F3N2OS. The molecule has 0 unspecified atom stereocenters. The second-order valence-corrected chi connectivity index (χ2v) is 6.36. The fourth-order valence-electron chi connectivity index (χ4n) is 2.01. The first kappa shape index (κ1) is 17.9. The Balaban J connectivity index is 0.000000175. The molecule has 0 spiro atoms. The molecule has 3 nitrogen and oxygen atoms in total. The molecule has 24 heavy (non-hydrogen) atoms. The standard InChI is InChI=1S/C9H9F2NO.C8H6FNS/c1-5-3-7(10)9(8(11)4-5)12-6(2)13;1-5-10-7-3-2-6(9)4-8(7)11-5/h3-4H,1-2H3,(H,12,13);2-4H,1H3. The summed E-state index contributed by atoms with van der Waals surface area (Å²) >= 11 is 1.52. The first-order chi connectivity index (χ1) is 11.3. The minimum atomic E-state index is -0.757. The smallest absolute Gasteiger partial charge is 0.221 e. The van der Waals surface area contributed by atoms with Crippen LogP contribution in [0.4, 0.5) is 18.9 Å². The van der Waals surface area contributed by atoms with Gasteiger partial charge >= 0.3 is 0 Å². The van der Waals surface area contributed by atoms with Crippen LogP contribution in [0.5, 0.6) is 0 Å². The highest BCUT2D eigenvalue weighted by Gasteiger charge is 2.10. The van der Waals surface area contributed by atoms with Crippen LogP contribution in [0.25, 0.3) is 10.2 Å². The van der Waals surface area contributed by atoms with Crippen molar-refractivity contribution in [2.24, 2.45) is 0 Å². The van der Waals surface area contributed by atoms with E-state index < -0.39 is 23.2 Å². The summed E-state index contributed by atoms with van der Waals surface area (Å²) in [4.78, 5) is 14.8. The number of nitrogens with one attached hydrogen (secondary N) is 1. The summed E-state index contributed by atoms with van der Waals surface area (Å²) < 4.78 is 39.6. The van der Waals surface area contributed by atoms with Crippen LogP contribution in [0.3, 0.4) is 0 Å². The van der Waals surface area contributed by atoms with E-state index in [2.05, 4.69) is 10.3 Å². The van der Waals surface area contributed by atoms with Crippen molar-refractivity contribution in [3.05, 3.63) is 58.4 Å². The lowest BCUT2D eigenvalue weighted by Gasteiger charge is -2.05. The van der Waals surface area contributed by atoms with Crippen LogP contribution in [0.2, 0.25) is 0 Å². The molecule has 1 amide bonds. The number of hydrogen-bond acceptors (Lipinski definition) is 3. The maximum absolute atomic E-state index is 13.0. The summed E-state index contributed by atoms with van der Waals surface area (Å²) in [5, 5.41) is 3.06. The minimum absolute atomic E-state index is 0.193. The van der Waals surface area contributed by atoms with Gasteiger partial charge < -0.3 is 5.32 Å². The van der Waals surface area contributed by atoms with Crippen LogP contribution in [0, 0.1) is 31.3 Å². The molecule has 0 bridgehead atoms. The van der Waals surface area contributed by atoms with Crippen molar-refractivity contribution in [3.63, 3.8) is 0 Å². The highest BCUT2D eigenvalue weighted by Crippen LogP contribution is 2.22. The van der Waals surface area contributed by atoms with Gasteiger partial charge in [-0.3, -0.25) is 4.79 Å². The molecule has 126 valence electrons. The number of benzene rings is 2. The number of hydrogen-bond donors (Lipinski definition) is 1. The molecule has 0 fully saturated rings. The number of aromatic nitrogens is 1. The van der Waals surface area contributed by atoms with E-state index in [-0.39, 0.29) is 5.82 Å². The highest BCUT2D eigenvalue weighted by atomic mass is 32.1. The van der Waals surface area contributed by atoms with E-state index in [0.29, 0.717) is 5.56 Å². The molecule has 0 aliphatic rings. The topological polar surface area (TPSA) is 42.0 Å². The van der Waals surface area contributed by atoms with Crippen LogP contribution in [-0.4, -0.2) is 10.9 Å². The highest BCUT2D eigenvalue weighted by molar-refractivity contribution is 7.18. The molecule has 0 aliphatic carbocycles. The third-order valence-corrected chi connectivity index (χ3v) is 3.88. The van der Waals surface area contributed by atoms with E-state index in [4.69, 9.17) is 0 Å². The van der Waals surface area contributed by atoms with Crippen molar-refractivity contribution >= 4 is 33.1 Å². The number of thiazole rings is 1. The summed E-state index contributed by atoms with van der Waals surface area (Å²) in [6, 6.07) is 6.97. The number of carbonyl (C=O) groups is 1. The Bertz CT molecular complexity index is 870. The van der Waals surface area contributed by atoms with Crippen molar-refractivity contribution < 1.29 is 18.0 Å². The number of rotatable bonds is 1. The van der Waals surface area contributed by atoms with Crippen LogP contribution in [0.1, 0.15) is 17.5 Å². The van der Waals surface area contributed by atoms with Gasteiger partial charge in [0.1, 0.15) is 23.1 Å². The predicted octanol–water partition coefficient (Wildman–Crippen LogP) is 4.98. The van der Waals surface area contributed by atoms with Crippen molar-refractivity contribution in [2.75, 3.05) is 5.32 Å². The van der Waals surface area contributed by atoms with Gasteiger partial charge in [0.15, 0.2) is 0 Å². The summed E-state index contributed by atoms with van der Waals surface area (Å²) in [6.45, 7) is 4.69. The fraction of sp³-hybridized carbons (Fsp3) is 0.176. The summed E-state index contributed by atoms with van der Waals surface area (Å²) in [5.41, 5.74) is 0.969. The van der Waals surface area contributed by atoms with E-state index in [0.717, 1.165) is 27.4 Å². The van der Waals surface area contributed by atoms with Gasteiger partial charge in [-0.25, -0.2) is 18.2 Å². The minimum Gasteiger partial charge on any atom is -0.321 e. The van der Waals surface area contributed by atoms with Gasteiger partial charge in [-0.1, -0.05) is 0 Å². The number of aryl methyl sites for hydroxylation is 2. The molecular weight excluding hydrogens is 337 g/mol.